The smallest absolute Gasteiger partial charge is 0.107 e. The van der Waals surface area contributed by atoms with Crippen molar-refractivity contribution in [1.82, 2.24) is 10.3 Å². The molecule has 0 saturated heterocycles. The second-order valence-electron chi connectivity index (χ2n) is 4.40. The molecule has 0 spiro atoms. The number of rotatable bonds is 5. The molecule has 0 saturated carbocycles. The highest BCUT2D eigenvalue weighted by molar-refractivity contribution is 7.15. The summed E-state index contributed by atoms with van der Waals surface area (Å²) in [5.74, 6) is 0. The topological polar surface area (TPSA) is 24.9 Å². The summed E-state index contributed by atoms with van der Waals surface area (Å²) in [6, 6.07) is 9.83. The molecule has 3 rings (SSSR count). The van der Waals surface area contributed by atoms with Gasteiger partial charge in [0.05, 0.1) is 14.9 Å². The predicted octanol–water partition coefficient (Wildman–Crippen LogP) is 5.47. The third kappa shape index (κ3) is 3.65. The Morgan fingerprint density at radius 1 is 1.10 bits per heavy atom. The van der Waals surface area contributed by atoms with Crippen LogP contribution in [0.25, 0.3) is 10.4 Å². The zero-order chi connectivity index (χ0) is 14.7. The van der Waals surface area contributed by atoms with Gasteiger partial charge in [-0.15, -0.1) is 22.7 Å². The number of aromatic nitrogens is 1. The summed E-state index contributed by atoms with van der Waals surface area (Å²) in [7, 11) is 0. The van der Waals surface area contributed by atoms with Crippen LogP contribution in [0.15, 0.2) is 41.9 Å². The van der Waals surface area contributed by atoms with E-state index in [-0.39, 0.29) is 0 Å². The van der Waals surface area contributed by atoms with Crippen molar-refractivity contribution in [2.45, 2.75) is 13.1 Å². The van der Waals surface area contributed by atoms with Gasteiger partial charge in [-0.3, -0.25) is 0 Å². The van der Waals surface area contributed by atoms with Crippen LogP contribution >= 0.6 is 45.9 Å². The van der Waals surface area contributed by atoms with Crippen LogP contribution in [0, 0.1) is 0 Å². The largest absolute Gasteiger partial charge is 0.306 e. The Hall–Kier alpha value is -0.910. The van der Waals surface area contributed by atoms with Crippen molar-refractivity contribution in [2.24, 2.45) is 0 Å². The quantitative estimate of drug-likeness (QED) is 0.657. The zero-order valence-corrected chi connectivity index (χ0v) is 14.1. The van der Waals surface area contributed by atoms with Gasteiger partial charge in [-0.2, -0.15) is 0 Å². The molecule has 21 heavy (non-hydrogen) atoms. The minimum atomic E-state index is 0.569. The van der Waals surface area contributed by atoms with Crippen LogP contribution in [-0.2, 0) is 13.1 Å². The van der Waals surface area contributed by atoms with E-state index >= 15 is 0 Å². The summed E-state index contributed by atoms with van der Waals surface area (Å²) in [5.41, 5.74) is 0.936. The third-order valence-corrected chi connectivity index (χ3v) is 5.65. The zero-order valence-electron chi connectivity index (χ0n) is 11.0. The minimum absolute atomic E-state index is 0.569. The second kappa shape index (κ2) is 6.90. The first-order valence-electron chi connectivity index (χ1n) is 6.36. The molecule has 6 heteroatoms. The molecule has 2 heterocycles. The van der Waals surface area contributed by atoms with E-state index in [0.29, 0.717) is 10.0 Å². The fraction of sp³-hybridized carbons (Fsp3) is 0.133. The van der Waals surface area contributed by atoms with E-state index in [2.05, 4.69) is 27.8 Å². The van der Waals surface area contributed by atoms with Crippen molar-refractivity contribution in [3.05, 3.63) is 61.8 Å². The molecular weight excluding hydrogens is 343 g/mol. The monoisotopic (exact) mass is 354 g/mol. The number of hydrogen-bond acceptors (Lipinski definition) is 4. The van der Waals surface area contributed by atoms with E-state index in [1.165, 1.54) is 4.88 Å². The lowest BCUT2D eigenvalue weighted by atomic mass is 10.2. The second-order valence-corrected chi connectivity index (χ2v) is 7.34. The van der Waals surface area contributed by atoms with Crippen LogP contribution in [0.3, 0.4) is 0 Å². The number of nitrogens with one attached hydrogen (secondary N) is 1. The first kappa shape index (κ1) is 15.0. The third-order valence-electron chi connectivity index (χ3n) is 2.93. The summed E-state index contributed by atoms with van der Waals surface area (Å²) in [5, 5.41) is 7.67. The Labute approximate surface area is 141 Å². The number of thiazole rings is 1. The first-order chi connectivity index (χ1) is 10.2. The van der Waals surface area contributed by atoms with Crippen molar-refractivity contribution in [1.29, 1.82) is 0 Å². The molecule has 2 aromatic heterocycles. The molecule has 0 radical (unpaired) electrons. The average Bonchev–Trinajstić information content (AvgIpc) is 3.14. The molecule has 0 aliphatic heterocycles. The summed E-state index contributed by atoms with van der Waals surface area (Å²) in [6.07, 6.45) is 1.85. The van der Waals surface area contributed by atoms with Crippen LogP contribution in [0.5, 0.6) is 0 Å². The first-order valence-corrected chi connectivity index (χ1v) is 8.81. The maximum absolute atomic E-state index is 6.24. The van der Waals surface area contributed by atoms with E-state index < -0.39 is 0 Å². The molecule has 0 aliphatic carbocycles. The maximum atomic E-state index is 6.24. The lowest BCUT2D eigenvalue weighted by Gasteiger charge is -2.02. The molecule has 2 nitrogen and oxygen atoms in total. The van der Waals surface area contributed by atoms with E-state index in [4.69, 9.17) is 23.2 Å². The standard InChI is InChI=1S/C15H12Cl2N2S2/c16-12-5-1-4-11(15(12)17)13-8-19-14(21-13)9-18-7-10-3-2-6-20-10/h1-6,8,18H,7,9H2. The van der Waals surface area contributed by atoms with Crippen LogP contribution in [-0.4, -0.2) is 4.98 Å². The molecule has 0 atom stereocenters. The molecule has 1 N–H and O–H groups in total. The molecule has 1 aromatic carbocycles. The van der Waals surface area contributed by atoms with Crippen LogP contribution in [0.4, 0.5) is 0 Å². The van der Waals surface area contributed by atoms with Gasteiger partial charge in [-0.25, -0.2) is 4.98 Å². The molecule has 108 valence electrons. The van der Waals surface area contributed by atoms with Crippen LogP contribution in [0.2, 0.25) is 10.0 Å². The molecule has 0 amide bonds. The Morgan fingerprint density at radius 3 is 2.81 bits per heavy atom. The van der Waals surface area contributed by atoms with Crippen LogP contribution in [0.1, 0.15) is 9.88 Å². The highest BCUT2D eigenvalue weighted by Crippen LogP contribution is 2.36. The van der Waals surface area contributed by atoms with E-state index in [1.807, 2.05) is 18.3 Å². The van der Waals surface area contributed by atoms with Gasteiger partial charge in [0.15, 0.2) is 0 Å². The number of thiophene rings is 1. The fourth-order valence-electron chi connectivity index (χ4n) is 1.92. The Bertz CT molecular complexity index is 723. The van der Waals surface area contributed by atoms with Gasteiger partial charge in [-0.1, -0.05) is 41.4 Å². The van der Waals surface area contributed by atoms with Gasteiger partial charge in [0.2, 0.25) is 0 Å². The minimum Gasteiger partial charge on any atom is -0.306 e. The average molecular weight is 355 g/mol. The van der Waals surface area contributed by atoms with E-state index in [9.17, 15) is 0 Å². The normalized spacial score (nSPS) is 11.0. The van der Waals surface area contributed by atoms with Gasteiger partial charge >= 0.3 is 0 Å². The lowest BCUT2D eigenvalue weighted by Crippen LogP contribution is -2.11. The number of halogens is 2. The van der Waals surface area contributed by atoms with Crippen molar-refractivity contribution in [3.63, 3.8) is 0 Å². The van der Waals surface area contributed by atoms with Crippen LogP contribution < -0.4 is 5.32 Å². The maximum Gasteiger partial charge on any atom is 0.107 e. The molecule has 0 unspecified atom stereocenters. The number of benzene rings is 1. The predicted molar refractivity (Wildman–Crippen MR) is 92.4 cm³/mol. The Kier molecular flexibility index (Phi) is 4.93. The molecule has 0 fully saturated rings. The Balaban J connectivity index is 1.67. The summed E-state index contributed by atoms with van der Waals surface area (Å²) in [4.78, 5) is 6.80. The number of nitrogens with zero attached hydrogens (tertiary/aromatic N) is 1. The van der Waals surface area contributed by atoms with E-state index in [1.54, 1.807) is 28.7 Å². The van der Waals surface area contributed by atoms with Gasteiger partial charge in [0, 0.05) is 29.7 Å². The summed E-state index contributed by atoms with van der Waals surface area (Å²) >= 11 is 15.7. The van der Waals surface area contributed by atoms with E-state index in [0.717, 1.165) is 28.5 Å². The Morgan fingerprint density at radius 2 is 2.00 bits per heavy atom. The van der Waals surface area contributed by atoms with Gasteiger partial charge in [-0.05, 0) is 17.5 Å². The highest BCUT2D eigenvalue weighted by atomic mass is 35.5. The van der Waals surface area contributed by atoms with Gasteiger partial charge in [0.1, 0.15) is 5.01 Å². The highest BCUT2D eigenvalue weighted by Gasteiger charge is 2.10. The molecule has 3 aromatic rings. The van der Waals surface area contributed by atoms with Crippen molar-refractivity contribution in [2.75, 3.05) is 0 Å². The van der Waals surface area contributed by atoms with Crippen molar-refractivity contribution in [3.8, 4) is 10.4 Å². The summed E-state index contributed by atoms with van der Waals surface area (Å²) in [6.45, 7) is 1.62. The SMILES string of the molecule is Clc1cccc(-c2cnc(CNCc3cccs3)s2)c1Cl. The van der Waals surface area contributed by atoms with Gasteiger partial charge < -0.3 is 5.32 Å². The van der Waals surface area contributed by atoms with Crippen molar-refractivity contribution >= 4 is 45.9 Å². The molecule has 0 aliphatic rings. The van der Waals surface area contributed by atoms with Crippen molar-refractivity contribution < 1.29 is 0 Å². The molecule has 0 bridgehead atoms. The summed E-state index contributed by atoms with van der Waals surface area (Å²) < 4.78 is 0. The number of hydrogen-bond donors (Lipinski definition) is 1. The molecular formula is C15H12Cl2N2S2. The fourth-order valence-corrected chi connectivity index (χ4v) is 3.97. The van der Waals surface area contributed by atoms with Gasteiger partial charge in [0.25, 0.3) is 0 Å². The lowest BCUT2D eigenvalue weighted by molar-refractivity contribution is 0.697.